The molecule has 4 nitrogen and oxygen atoms in total. The van der Waals surface area contributed by atoms with Gasteiger partial charge in [0.2, 0.25) is 0 Å². The van der Waals surface area contributed by atoms with E-state index in [2.05, 4.69) is 31.0 Å². The molecule has 0 N–H and O–H groups in total. The van der Waals surface area contributed by atoms with Crippen molar-refractivity contribution < 1.29 is 0 Å². The number of halogens is 1. The summed E-state index contributed by atoms with van der Waals surface area (Å²) >= 11 is 3.30. The van der Waals surface area contributed by atoms with Gasteiger partial charge in [0, 0.05) is 24.5 Å². The molecule has 1 saturated carbocycles. The third-order valence-corrected chi connectivity index (χ3v) is 2.83. The Morgan fingerprint density at radius 2 is 2.00 bits per heavy atom. The fourth-order valence-electron chi connectivity index (χ4n) is 1.47. The Hall–Kier alpha value is -1.23. The van der Waals surface area contributed by atoms with Crippen LogP contribution in [-0.2, 0) is 0 Å². The van der Waals surface area contributed by atoms with Crippen LogP contribution in [0.2, 0.25) is 0 Å². The predicted octanol–water partition coefficient (Wildman–Crippen LogP) is 2.30. The Labute approximate surface area is 95.5 Å². The lowest BCUT2D eigenvalue weighted by molar-refractivity contribution is 0.781. The van der Waals surface area contributed by atoms with Gasteiger partial charge < -0.3 is 0 Å². The van der Waals surface area contributed by atoms with E-state index in [-0.39, 0.29) is 0 Å². The molecule has 0 spiro atoms. The summed E-state index contributed by atoms with van der Waals surface area (Å²) in [6, 6.07) is 2.04. The van der Waals surface area contributed by atoms with Crippen molar-refractivity contribution in [2.24, 2.45) is 0 Å². The van der Waals surface area contributed by atoms with Crippen molar-refractivity contribution in [3.05, 3.63) is 34.8 Å². The molecule has 2 aromatic rings. The van der Waals surface area contributed by atoms with E-state index in [0.29, 0.717) is 11.9 Å². The summed E-state index contributed by atoms with van der Waals surface area (Å²) in [7, 11) is 0. The topological polar surface area (TPSA) is 43.6 Å². The predicted molar refractivity (Wildman–Crippen MR) is 58.8 cm³/mol. The SMILES string of the molecule is Brc1cnc(-n2ccc(C3CC3)n2)nc1. The van der Waals surface area contributed by atoms with E-state index in [4.69, 9.17) is 0 Å². The Morgan fingerprint density at radius 1 is 1.27 bits per heavy atom. The standard InChI is InChI=1S/C10H9BrN4/c11-8-5-12-10(13-6-8)15-4-3-9(14-15)7-1-2-7/h3-7H,1-2H2. The molecule has 0 bridgehead atoms. The molecule has 0 aromatic carbocycles. The van der Waals surface area contributed by atoms with E-state index in [9.17, 15) is 0 Å². The molecule has 0 unspecified atom stereocenters. The maximum atomic E-state index is 4.45. The molecule has 1 aliphatic carbocycles. The first-order chi connectivity index (χ1) is 7.33. The van der Waals surface area contributed by atoms with Crippen molar-refractivity contribution in [1.29, 1.82) is 0 Å². The van der Waals surface area contributed by atoms with Crippen LogP contribution in [0.5, 0.6) is 0 Å². The Bertz CT molecular complexity index is 472. The van der Waals surface area contributed by atoms with E-state index < -0.39 is 0 Å². The number of aromatic nitrogens is 4. The molecule has 15 heavy (non-hydrogen) atoms. The third kappa shape index (κ3) is 1.79. The maximum Gasteiger partial charge on any atom is 0.250 e. The smallest absolute Gasteiger partial charge is 0.218 e. The summed E-state index contributed by atoms with van der Waals surface area (Å²) in [5.74, 6) is 1.28. The number of nitrogens with zero attached hydrogens (tertiary/aromatic N) is 4. The average Bonchev–Trinajstić information content (AvgIpc) is 2.99. The fraction of sp³-hybridized carbons (Fsp3) is 0.300. The van der Waals surface area contributed by atoms with Gasteiger partial charge in [-0.3, -0.25) is 0 Å². The van der Waals surface area contributed by atoms with E-state index in [1.54, 1.807) is 17.1 Å². The van der Waals surface area contributed by atoms with Crippen LogP contribution in [0.15, 0.2) is 29.1 Å². The van der Waals surface area contributed by atoms with E-state index >= 15 is 0 Å². The first kappa shape index (κ1) is 9.03. The van der Waals surface area contributed by atoms with Gasteiger partial charge in [-0.1, -0.05) is 0 Å². The number of rotatable bonds is 2. The first-order valence-electron chi connectivity index (χ1n) is 4.86. The van der Waals surface area contributed by atoms with Crippen molar-refractivity contribution in [2.75, 3.05) is 0 Å². The second kappa shape index (κ2) is 3.41. The van der Waals surface area contributed by atoms with Crippen molar-refractivity contribution in [1.82, 2.24) is 19.7 Å². The minimum atomic E-state index is 0.616. The van der Waals surface area contributed by atoms with Crippen LogP contribution in [0.1, 0.15) is 24.5 Å². The summed E-state index contributed by atoms with van der Waals surface area (Å²) in [4.78, 5) is 8.37. The highest BCUT2D eigenvalue weighted by Crippen LogP contribution is 2.38. The van der Waals surface area contributed by atoms with Crippen LogP contribution in [0.25, 0.3) is 5.95 Å². The molecule has 2 aromatic heterocycles. The van der Waals surface area contributed by atoms with Gasteiger partial charge in [-0.25, -0.2) is 14.6 Å². The van der Waals surface area contributed by atoms with Crippen LogP contribution in [0.4, 0.5) is 0 Å². The highest BCUT2D eigenvalue weighted by atomic mass is 79.9. The zero-order valence-corrected chi connectivity index (χ0v) is 9.55. The average molecular weight is 265 g/mol. The van der Waals surface area contributed by atoms with Crippen LogP contribution in [0, 0.1) is 0 Å². The van der Waals surface area contributed by atoms with Gasteiger partial charge in [-0.2, -0.15) is 5.10 Å². The quantitative estimate of drug-likeness (QED) is 0.836. The summed E-state index contributed by atoms with van der Waals surface area (Å²) < 4.78 is 2.60. The molecular formula is C10H9BrN4. The number of hydrogen-bond donors (Lipinski definition) is 0. The Kier molecular flexibility index (Phi) is 2.05. The third-order valence-electron chi connectivity index (χ3n) is 2.42. The lowest BCUT2D eigenvalue weighted by atomic mass is 10.3. The maximum absolute atomic E-state index is 4.45. The van der Waals surface area contributed by atoms with Crippen LogP contribution < -0.4 is 0 Å². The van der Waals surface area contributed by atoms with Crippen molar-refractivity contribution in [3.8, 4) is 5.95 Å². The monoisotopic (exact) mass is 264 g/mol. The number of hydrogen-bond acceptors (Lipinski definition) is 3. The largest absolute Gasteiger partial charge is 0.250 e. The highest BCUT2D eigenvalue weighted by molar-refractivity contribution is 9.10. The molecule has 5 heteroatoms. The van der Waals surface area contributed by atoms with Gasteiger partial charge >= 0.3 is 0 Å². The minimum Gasteiger partial charge on any atom is -0.218 e. The Morgan fingerprint density at radius 3 is 2.67 bits per heavy atom. The van der Waals surface area contributed by atoms with Crippen LogP contribution in [0.3, 0.4) is 0 Å². The van der Waals surface area contributed by atoms with Gasteiger partial charge in [0.05, 0.1) is 10.2 Å². The van der Waals surface area contributed by atoms with Gasteiger partial charge in [-0.15, -0.1) is 0 Å². The van der Waals surface area contributed by atoms with E-state index in [1.807, 2.05) is 12.3 Å². The Balaban J connectivity index is 1.93. The van der Waals surface area contributed by atoms with Gasteiger partial charge in [0.25, 0.3) is 5.95 Å². The first-order valence-corrected chi connectivity index (χ1v) is 5.66. The molecule has 0 atom stereocenters. The molecule has 0 amide bonds. The fourth-order valence-corrected chi connectivity index (χ4v) is 1.67. The molecule has 3 rings (SSSR count). The summed E-state index contributed by atoms with van der Waals surface area (Å²) in [5.41, 5.74) is 1.15. The van der Waals surface area contributed by atoms with E-state index in [1.165, 1.54) is 12.8 Å². The molecule has 1 aliphatic rings. The molecule has 76 valence electrons. The summed E-state index contributed by atoms with van der Waals surface area (Å²) in [5, 5.41) is 4.45. The molecule has 2 heterocycles. The molecular weight excluding hydrogens is 256 g/mol. The molecule has 0 aliphatic heterocycles. The zero-order valence-electron chi connectivity index (χ0n) is 7.97. The van der Waals surface area contributed by atoms with Crippen molar-refractivity contribution in [2.45, 2.75) is 18.8 Å². The summed E-state index contributed by atoms with van der Waals surface area (Å²) in [6.07, 6.45) is 7.88. The van der Waals surface area contributed by atoms with Crippen LogP contribution in [-0.4, -0.2) is 19.7 Å². The lowest BCUT2D eigenvalue weighted by Crippen LogP contribution is -2.01. The highest BCUT2D eigenvalue weighted by Gasteiger charge is 2.26. The molecule has 0 saturated heterocycles. The second-order valence-electron chi connectivity index (χ2n) is 3.66. The normalized spacial score (nSPS) is 15.5. The zero-order chi connectivity index (χ0) is 10.3. The molecule has 1 fully saturated rings. The summed E-state index contributed by atoms with van der Waals surface area (Å²) in [6.45, 7) is 0. The lowest BCUT2D eigenvalue weighted by Gasteiger charge is -1.97. The van der Waals surface area contributed by atoms with E-state index in [0.717, 1.165) is 10.2 Å². The van der Waals surface area contributed by atoms with Gasteiger partial charge in [-0.05, 0) is 34.8 Å². The molecule has 0 radical (unpaired) electrons. The van der Waals surface area contributed by atoms with Crippen molar-refractivity contribution in [3.63, 3.8) is 0 Å². The van der Waals surface area contributed by atoms with Crippen LogP contribution >= 0.6 is 15.9 Å². The van der Waals surface area contributed by atoms with Crippen molar-refractivity contribution >= 4 is 15.9 Å². The van der Waals surface area contributed by atoms with Gasteiger partial charge in [0.1, 0.15) is 0 Å². The minimum absolute atomic E-state index is 0.616. The van der Waals surface area contributed by atoms with Gasteiger partial charge in [0.15, 0.2) is 0 Å². The second-order valence-corrected chi connectivity index (χ2v) is 4.58.